The van der Waals surface area contributed by atoms with Gasteiger partial charge in [0.2, 0.25) is 11.5 Å². The third-order valence-electron chi connectivity index (χ3n) is 4.35. The van der Waals surface area contributed by atoms with Gasteiger partial charge >= 0.3 is 6.18 Å². The van der Waals surface area contributed by atoms with Crippen LogP contribution in [0.4, 0.5) is 13.2 Å². The van der Waals surface area contributed by atoms with E-state index in [-0.39, 0.29) is 16.7 Å². The van der Waals surface area contributed by atoms with E-state index in [0.717, 1.165) is 0 Å². The number of alkyl halides is 3. The Morgan fingerprint density at radius 1 is 0.893 bits per heavy atom. The lowest BCUT2D eigenvalue weighted by atomic mass is 9.85. The van der Waals surface area contributed by atoms with Crippen molar-refractivity contribution in [2.45, 2.75) is 6.18 Å². The molecule has 4 rings (SSSR count). The van der Waals surface area contributed by atoms with Crippen LogP contribution in [0.3, 0.4) is 0 Å². The van der Waals surface area contributed by atoms with E-state index in [0.29, 0.717) is 4.47 Å². The molecule has 1 aromatic heterocycles. The first-order chi connectivity index (χ1) is 13.2. The molecule has 4 nitrogen and oxygen atoms in total. The van der Waals surface area contributed by atoms with Crippen LogP contribution in [0.15, 0.2) is 57.4 Å². The fraction of sp³-hybridized carbons (Fsp3) is 0.0500. The van der Waals surface area contributed by atoms with E-state index >= 15 is 0 Å². The molecule has 1 heterocycles. The molecule has 0 aliphatic heterocycles. The first-order valence-electron chi connectivity index (χ1n) is 7.93. The highest BCUT2D eigenvalue weighted by Crippen LogP contribution is 2.41. The fourth-order valence-corrected chi connectivity index (χ4v) is 3.37. The van der Waals surface area contributed by atoms with E-state index in [9.17, 15) is 27.6 Å². The minimum absolute atomic E-state index is 0.0647. The summed E-state index contributed by atoms with van der Waals surface area (Å²) in [5, 5.41) is 0. The number of ketones is 3. The lowest BCUT2D eigenvalue weighted by molar-refractivity contribution is -0.153. The zero-order valence-corrected chi connectivity index (χ0v) is 15.3. The third-order valence-corrected chi connectivity index (χ3v) is 4.88. The fourth-order valence-electron chi connectivity index (χ4n) is 3.11. The molecule has 0 N–H and O–H groups in total. The summed E-state index contributed by atoms with van der Waals surface area (Å²) in [4.78, 5) is 38.4. The van der Waals surface area contributed by atoms with Gasteiger partial charge < -0.3 is 4.42 Å². The van der Waals surface area contributed by atoms with Gasteiger partial charge in [-0.1, -0.05) is 40.2 Å². The molecule has 0 fully saturated rings. The Balaban J connectivity index is 2.00. The first kappa shape index (κ1) is 18.4. The highest BCUT2D eigenvalue weighted by Gasteiger charge is 2.47. The van der Waals surface area contributed by atoms with Gasteiger partial charge in [0.1, 0.15) is 0 Å². The van der Waals surface area contributed by atoms with Crippen molar-refractivity contribution in [1.29, 1.82) is 0 Å². The van der Waals surface area contributed by atoms with Crippen molar-refractivity contribution in [2.24, 2.45) is 0 Å². The number of rotatable bonds is 2. The van der Waals surface area contributed by atoms with Crippen molar-refractivity contribution in [3.63, 3.8) is 0 Å². The van der Waals surface area contributed by atoms with Gasteiger partial charge in [-0.15, -0.1) is 0 Å². The van der Waals surface area contributed by atoms with Gasteiger partial charge in [-0.05, 0) is 24.3 Å². The van der Waals surface area contributed by atoms with Gasteiger partial charge in [-0.3, -0.25) is 14.4 Å². The van der Waals surface area contributed by atoms with Gasteiger partial charge in [0.15, 0.2) is 17.3 Å². The van der Waals surface area contributed by atoms with E-state index in [2.05, 4.69) is 15.9 Å². The summed E-state index contributed by atoms with van der Waals surface area (Å²) in [6.45, 7) is 0. The number of fused-ring (bicyclic) bond motifs is 2. The normalized spacial score (nSPS) is 13.3. The Bertz CT molecular complexity index is 1160. The largest absolute Gasteiger partial charge is 0.450 e. The number of carbonyl (C=O) groups excluding carboxylic acids is 3. The minimum Gasteiger partial charge on any atom is -0.446 e. The molecule has 8 heteroatoms. The zero-order valence-electron chi connectivity index (χ0n) is 13.8. The summed E-state index contributed by atoms with van der Waals surface area (Å²) in [5.74, 6) is -5.20. The molecule has 140 valence electrons. The molecule has 0 amide bonds. The predicted molar refractivity (Wildman–Crippen MR) is 94.6 cm³/mol. The van der Waals surface area contributed by atoms with Crippen LogP contribution in [0.5, 0.6) is 0 Å². The van der Waals surface area contributed by atoms with Crippen molar-refractivity contribution in [1.82, 2.24) is 0 Å². The Morgan fingerprint density at radius 3 is 2.04 bits per heavy atom. The first-order valence-corrected chi connectivity index (χ1v) is 8.72. The van der Waals surface area contributed by atoms with Crippen molar-refractivity contribution in [2.75, 3.05) is 0 Å². The van der Waals surface area contributed by atoms with Crippen LogP contribution in [0.1, 0.15) is 53.7 Å². The number of benzene rings is 2. The summed E-state index contributed by atoms with van der Waals surface area (Å²) in [5.41, 5.74) is -1.80. The topological polar surface area (TPSA) is 64.3 Å². The van der Waals surface area contributed by atoms with Crippen LogP contribution in [0.25, 0.3) is 0 Å². The van der Waals surface area contributed by atoms with E-state index in [1.807, 2.05) is 0 Å². The van der Waals surface area contributed by atoms with Crippen molar-refractivity contribution >= 4 is 33.3 Å². The summed E-state index contributed by atoms with van der Waals surface area (Å²) >= 11 is 3.18. The quantitative estimate of drug-likeness (QED) is 0.401. The molecule has 0 radical (unpaired) electrons. The summed E-state index contributed by atoms with van der Waals surface area (Å²) in [6.07, 6.45) is -5.07. The highest BCUT2D eigenvalue weighted by atomic mass is 79.9. The zero-order chi connectivity index (χ0) is 20.2. The monoisotopic (exact) mass is 448 g/mol. The van der Waals surface area contributed by atoms with Crippen LogP contribution in [0.2, 0.25) is 0 Å². The van der Waals surface area contributed by atoms with Gasteiger partial charge in [0.05, 0.1) is 11.1 Å². The maximum absolute atomic E-state index is 13.6. The molecule has 0 atom stereocenters. The van der Waals surface area contributed by atoms with E-state index in [1.165, 1.54) is 48.5 Å². The molecule has 0 saturated carbocycles. The Hall–Kier alpha value is -3.00. The Kier molecular flexibility index (Phi) is 4.11. The van der Waals surface area contributed by atoms with Crippen LogP contribution in [0, 0.1) is 0 Å². The number of carbonyl (C=O) groups is 3. The van der Waals surface area contributed by atoms with Gasteiger partial charge in [-0.25, -0.2) is 0 Å². The average Bonchev–Trinajstić information content (AvgIpc) is 3.08. The van der Waals surface area contributed by atoms with Crippen LogP contribution in [-0.4, -0.2) is 17.3 Å². The number of halogens is 4. The standard InChI is InChI=1S/C20H8BrF3O4/c21-10-7-5-9(6-8-10)15(25)14-13-16(26)11-3-1-2-4-12(11)17(27)18(13)28-19(14)20(22,23)24/h1-8H. The molecule has 0 spiro atoms. The second-order valence-corrected chi connectivity index (χ2v) is 6.96. The lowest BCUT2D eigenvalue weighted by Crippen LogP contribution is -2.22. The smallest absolute Gasteiger partial charge is 0.446 e. The third kappa shape index (κ3) is 2.72. The van der Waals surface area contributed by atoms with Gasteiger partial charge in [0.25, 0.3) is 0 Å². The van der Waals surface area contributed by atoms with Crippen molar-refractivity contribution in [3.05, 3.63) is 92.3 Å². The molecule has 28 heavy (non-hydrogen) atoms. The molecule has 0 bridgehead atoms. The maximum Gasteiger partial charge on any atom is 0.450 e. The number of hydrogen-bond acceptors (Lipinski definition) is 4. The number of furan rings is 1. The Morgan fingerprint density at radius 2 is 1.46 bits per heavy atom. The summed E-state index contributed by atoms with van der Waals surface area (Å²) < 4.78 is 46.1. The molecular weight excluding hydrogens is 441 g/mol. The summed E-state index contributed by atoms with van der Waals surface area (Å²) in [6, 6.07) is 11.2. The molecule has 2 aromatic carbocycles. The molecule has 1 aliphatic carbocycles. The molecular formula is C20H8BrF3O4. The minimum atomic E-state index is -5.07. The van der Waals surface area contributed by atoms with Crippen molar-refractivity contribution in [3.8, 4) is 0 Å². The van der Waals surface area contributed by atoms with Crippen LogP contribution < -0.4 is 0 Å². The lowest BCUT2D eigenvalue weighted by Gasteiger charge is -2.13. The number of hydrogen-bond donors (Lipinski definition) is 0. The van der Waals surface area contributed by atoms with Crippen LogP contribution >= 0.6 is 15.9 Å². The second-order valence-electron chi connectivity index (χ2n) is 6.05. The van der Waals surface area contributed by atoms with Crippen LogP contribution in [-0.2, 0) is 6.18 Å². The SMILES string of the molecule is O=C1c2ccccc2C(=O)c2c1oc(C(F)(F)F)c2C(=O)c1ccc(Br)cc1. The molecule has 1 aliphatic rings. The highest BCUT2D eigenvalue weighted by molar-refractivity contribution is 9.10. The molecule has 3 aromatic rings. The van der Waals surface area contributed by atoms with E-state index < -0.39 is 46.2 Å². The maximum atomic E-state index is 13.6. The Labute approximate surface area is 164 Å². The van der Waals surface area contributed by atoms with Gasteiger partial charge in [0, 0.05) is 21.2 Å². The predicted octanol–water partition coefficient (Wildman–Crippen LogP) is 5.07. The van der Waals surface area contributed by atoms with Crippen molar-refractivity contribution < 1.29 is 32.0 Å². The van der Waals surface area contributed by atoms with E-state index in [1.54, 1.807) is 0 Å². The van der Waals surface area contributed by atoms with Gasteiger partial charge in [-0.2, -0.15) is 13.2 Å². The van der Waals surface area contributed by atoms with E-state index in [4.69, 9.17) is 4.42 Å². The summed E-state index contributed by atoms with van der Waals surface area (Å²) in [7, 11) is 0. The second kappa shape index (κ2) is 6.27. The average molecular weight is 449 g/mol. The molecule has 0 saturated heterocycles. The molecule has 0 unspecified atom stereocenters.